The molecule has 0 N–H and O–H groups in total. The highest BCUT2D eigenvalue weighted by Crippen LogP contribution is 2.30. The lowest BCUT2D eigenvalue weighted by atomic mass is 9.96. The highest BCUT2D eigenvalue weighted by Gasteiger charge is 2.26. The van der Waals surface area contributed by atoms with Crippen LogP contribution in [0.25, 0.3) is 0 Å². The molecule has 2 heterocycles. The van der Waals surface area contributed by atoms with Crippen LogP contribution in [0, 0.1) is 6.92 Å². The molecule has 7 nitrogen and oxygen atoms in total. The van der Waals surface area contributed by atoms with E-state index in [0.29, 0.717) is 17.9 Å². The fourth-order valence-corrected chi connectivity index (χ4v) is 2.81. The Kier molecular flexibility index (Phi) is 4.50. The molecular formula is C17H18N2O5. The van der Waals surface area contributed by atoms with Gasteiger partial charge in [0.25, 0.3) is 11.8 Å². The Morgan fingerprint density at radius 2 is 2.21 bits per heavy atom. The fourth-order valence-electron chi connectivity index (χ4n) is 2.81. The van der Waals surface area contributed by atoms with E-state index in [1.54, 1.807) is 30.0 Å². The average molecular weight is 330 g/mol. The lowest BCUT2D eigenvalue weighted by molar-refractivity contribution is -0.120. The molecule has 0 saturated carbocycles. The molecular weight excluding hydrogens is 312 g/mol. The summed E-state index contributed by atoms with van der Waals surface area (Å²) in [5.41, 5.74) is 2.07. The van der Waals surface area contributed by atoms with Gasteiger partial charge in [-0.1, -0.05) is 6.07 Å². The summed E-state index contributed by atoms with van der Waals surface area (Å²) in [6, 6.07) is 6.91. The van der Waals surface area contributed by atoms with Crippen LogP contribution in [0.15, 0.2) is 28.8 Å². The molecule has 2 aromatic rings. The number of carbonyl (C=O) groups excluding carboxylic acids is 2. The first-order chi connectivity index (χ1) is 11.6. The number of fused-ring (bicyclic) bond motifs is 1. The van der Waals surface area contributed by atoms with Crippen molar-refractivity contribution in [1.82, 2.24) is 5.16 Å². The highest BCUT2D eigenvalue weighted by atomic mass is 16.5. The Morgan fingerprint density at radius 1 is 1.38 bits per heavy atom. The molecule has 1 amide bonds. The number of esters is 1. The second-order valence-corrected chi connectivity index (χ2v) is 5.51. The van der Waals surface area contributed by atoms with E-state index in [4.69, 9.17) is 14.0 Å². The summed E-state index contributed by atoms with van der Waals surface area (Å²) in [4.78, 5) is 26.1. The normalized spacial score (nSPS) is 13.3. The Morgan fingerprint density at radius 3 is 2.92 bits per heavy atom. The molecule has 1 aliphatic heterocycles. The van der Waals surface area contributed by atoms with E-state index < -0.39 is 5.97 Å². The number of aromatic nitrogens is 1. The van der Waals surface area contributed by atoms with Crippen LogP contribution in [0.3, 0.4) is 0 Å². The van der Waals surface area contributed by atoms with Gasteiger partial charge in [-0.2, -0.15) is 0 Å². The number of hydrogen-bond donors (Lipinski definition) is 0. The number of aryl methyl sites for hydroxylation is 1. The summed E-state index contributed by atoms with van der Waals surface area (Å²) < 4.78 is 15.1. The van der Waals surface area contributed by atoms with Crippen molar-refractivity contribution in [3.63, 3.8) is 0 Å². The van der Waals surface area contributed by atoms with E-state index in [0.717, 1.165) is 24.1 Å². The van der Waals surface area contributed by atoms with Crippen molar-refractivity contribution in [2.75, 3.05) is 25.2 Å². The van der Waals surface area contributed by atoms with Gasteiger partial charge < -0.3 is 18.9 Å². The minimum atomic E-state index is -0.393. The smallest absolute Gasteiger partial charge is 0.338 e. The third-order valence-corrected chi connectivity index (χ3v) is 3.91. The van der Waals surface area contributed by atoms with E-state index in [1.807, 2.05) is 6.07 Å². The largest absolute Gasteiger partial charge is 0.465 e. The molecule has 1 aromatic carbocycles. The van der Waals surface area contributed by atoms with Crippen LogP contribution in [0.1, 0.15) is 28.1 Å². The third kappa shape index (κ3) is 3.10. The Hall–Kier alpha value is -2.83. The van der Waals surface area contributed by atoms with Gasteiger partial charge >= 0.3 is 5.97 Å². The zero-order chi connectivity index (χ0) is 17.1. The molecule has 0 atom stereocenters. The van der Waals surface area contributed by atoms with Crippen molar-refractivity contribution in [1.29, 1.82) is 0 Å². The number of ether oxygens (including phenoxy) is 2. The van der Waals surface area contributed by atoms with E-state index >= 15 is 0 Å². The number of anilines is 1. The van der Waals surface area contributed by atoms with Gasteiger partial charge in [0.15, 0.2) is 6.61 Å². The van der Waals surface area contributed by atoms with Crippen LogP contribution in [-0.2, 0) is 16.0 Å². The van der Waals surface area contributed by atoms with Gasteiger partial charge in [-0.15, -0.1) is 0 Å². The van der Waals surface area contributed by atoms with Crippen molar-refractivity contribution in [2.24, 2.45) is 0 Å². The van der Waals surface area contributed by atoms with E-state index in [1.165, 1.54) is 7.11 Å². The van der Waals surface area contributed by atoms with Crippen LogP contribution >= 0.6 is 0 Å². The molecule has 3 rings (SSSR count). The molecule has 0 radical (unpaired) electrons. The van der Waals surface area contributed by atoms with Crippen molar-refractivity contribution < 1.29 is 23.6 Å². The molecule has 0 fully saturated rings. The highest BCUT2D eigenvalue weighted by molar-refractivity contribution is 5.99. The average Bonchev–Trinajstić information content (AvgIpc) is 3.03. The fraction of sp³-hybridized carbons (Fsp3) is 0.353. The predicted molar refractivity (Wildman–Crippen MR) is 85.2 cm³/mol. The monoisotopic (exact) mass is 330 g/mol. The second-order valence-electron chi connectivity index (χ2n) is 5.51. The number of methoxy groups -OCH3 is 1. The van der Waals surface area contributed by atoms with Gasteiger partial charge in [0, 0.05) is 18.3 Å². The summed E-state index contributed by atoms with van der Waals surface area (Å²) in [6.45, 7) is 2.18. The molecule has 0 bridgehead atoms. The first-order valence-electron chi connectivity index (χ1n) is 7.67. The van der Waals surface area contributed by atoms with E-state index in [9.17, 15) is 9.59 Å². The summed E-state index contributed by atoms with van der Waals surface area (Å²) in [7, 11) is 1.35. The number of amides is 1. The Balaban J connectivity index is 1.78. The zero-order valence-electron chi connectivity index (χ0n) is 13.6. The molecule has 1 aromatic heterocycles. The van der Waals surface area contributed by atoms with Gasteiger partial charge in [0.1, 0.15) is 5.76 Å². The Labute approximate surface area is 139 Å². The Bertz CT molecular complexity index is 768. The zero-order valence-corrected chi connectivity index (χ0v) is 13.6. The van der Waals surface area contributed by atoms with Gasteiger partial charge in [-0.05, 0) is 42.6 Å². The van der Waals surface area contributed by atoms with Gasteiger partial charge in [0.2, 0.25) is 0 Å². The number of hydrogen-bond acceptors (Lipinski definition) is 6. The minimum Gasteiger partial charge on any atom is -0.465 e. The van der Waals surface area contributed by atoms with E-state index in [2.05, 4.69) is 5.16 Å². The molecule has 0 aliphatic carbocycles. The predicted octanol–water partition coefficient (Wildman–Crippen LogP) is 2.13. The maximum atomic E-state index is 12.5. The molecule has 0 spiro atoms. The van der Waals surface area contributed by atoms with Crippen molar-refractivity contribution in [3.8, 4) is 5.88 Å². The molecule has 0 unspecified atom stereocenters. The maximum absolute atomic E-state index is 12.5. The van der Waals surface area contributed by atoms with Crippen molar-refractivity contribution in [3.05, 3.63) is 41.2 Å². The van der Waals surface area contributed by atoms with Crippen LogP contribution in [0.2, 0.25) is 0 Å². The first kappa shape index (κ1) is 16.0. The molecule has 24 heavy (non-hydrogen) atoms. The molecule has 1 aliphatic rings. The molecule has 0 saturated heterocycles. The standard InChI is InChI=1S/C17H18N2O5/c1-11-9-15(18-24-11)23-10-16(20)19-8-4-6-12-13(17(21)22-2)5-3-7-14(12)19/h3,5,7,9H,4,6,8,10H2,1-2H3. The number of carbonyl (C=O) groups is 2. The maximum Gasteiger partial charge on any atom is 0.338 e. The summed E-state index contributed by atoms with van der Waals surface area (Å²) in [5, 5.41) is 3.70. The summed E-state index contributed by atoms with van der Waals surface area (Å²) >= 11 is 0. The van der Waals surface area contributed by atoms with Gasteiger partial charge in [0.05, 0.1) is 12.7 Å². The van der Waals surface area contributed by atoms with Crippen LogP contribution in [0.4, 0.5) is 5.69 Å². The quantitative estimate of drug-likeness (QED) is 0.799. The second kappa shape index (κ2) is 6.74. The van der Waals surface area contributed by atoms with Crippen molar-refractivity contribution >= 4 is 17.6 Å². The SMILES string of the molecule is COC(=O)c1cccc2c1CCCN2C(=O)COc1cc(C)on1. The lowest BCUT2D eigenvalue weighted by Crippen LogP contribution is -2.39. The first-order valence-corrected chi connectivity index (χ1v) is 7.67. The number of benzene rings is 1. The van der Waals surface area contributed by atoms with Gasteiger partial charge in [-0.3, -0.25) is 4.79 Å². The van der Waals surface area contributed by atoms with E-state index in [-0.39, 0.29) is 18.4 Å². The summed E-state index contributed by atoms with van der Waals surface area (Å²) in [6.07, 6.45) is 1.50. The number of nitrogens with zero attached hydrogens (tertiary/aromatic N) is 2. The topological polar surface area (TPSA) is 81.9 Å². The van der Waals surface area contributed by atoms with Crippen LogP contribution < -0.4 is 9.64 Å². The third-order valence-electron chi connectivity index (χ3n) is 3.91. The number of rotatable bonds is 4. The van der Waals surface area contributed by atoms with Crippen LogP contribution in [0.5, 0.6) is 5.88 Å². The molecule has 126 valence electrons. The lowest BCUT2D eigenvalue weighted by Gasteiger charge is -2.30. The molecule has 7 heteroatoms. The minimum absolute atomic E-state index is 0.145. The summed E-state index contributed by atoms with van der Waals surface area (Å²) in [5.74, 6) is 0.305. The van der Waals surface area contributed by atoms with Crippen molar-refractivity contribution in [2.45, 2.75) is 19.8 Å². The van der Waals surface area contributed by atoms with Gasteiger partial charge in [-0.25, -0.2) is 4.79 Å². The van der Waals surface area contributed by atoms with Crippen LogP contribution in [-0.4, -0.2) is 37.3 Å².